The fourth-order valence-corrected chi connectivity index (χ4v) is 9.73. The molecule has 340 valence electrons. The van der Waals surface area contributed by atoms with Crippen molar-refractivity contribution in [3.63, 3.8) is 0 Å². The highest BCUT2D eigenvalue weighted by molar-refractivity contribution is 7.85. The number of anilines is 1. The number of unbranched alkanes of at least 4 members (excludes halogenated alkanes) is 19. The molecular weight excluding hydrogens is 797 g/mol. The number of benzene rings is 3. The fraction of sp³-hybridized carbons (Fsp3) is 0.536. The maximum Gasteiger partial charge on any atom is 0.374 e. The summed E-state index contributed by atoms with van der Waals surface area (Å²) < 4.78 is 20.6. The molecule has 0 fully saturated rings. The van der Waals surface area contributed by atoms with E-state index in [4.69, 9.17) is 26.5 Å². The number of allylic oxidation sites excluding steroid dienone is 4. The Kier molecular flexibility index (Phi) is 18.9. The average Bonchev–Trinajstić information content (AvgIpc) is 3.75. The molecule has 0 N–H and O–H groups in total. The Morgan fingerprint density at radius 2 is 1.29 bits per heavy atom. The number of Topliss-reactive ketones (excluding diaryl/α,β-unsaturated/α-hetero) is 1. The van der Waals surface area contributed by atoms with Crippen LogP contribution in [0.15, 0.2) is 99.0 Å². The number of thiol groups is 1. The number of nitrogens with zero attached hydrogens (tertiary/aromatic N) is 2. The lowest BCUT2D eigenvalue weighted by atomic mass is 9.81. The minimum absolute atomic E-state index is 0.000955. The maximum atomic E-state index is 14.2. The number of ketones is 1. The van der Waals surface area contributed by atoms with Crippen molar-refractivity contribution in [1.82, 2.24) is 0 Å². The van der Waals surface area contributed by atoms with Crippen molar-refractivity contribution in [3.8, 4) is 11.5 Å². The summed E-state index contributed by atoms with van der Waals surface area (Å²) in [6.07, 6.45) is 31.5. The van der Waals surface area contributed by atoms with Crippen LogP contribution in [0.2, 0.25) is 0 Å². The molecule has 3 aromatic carbocycles. The van der Waals surface area contributed by atoms with E-state index in [1.54, 1.807) is 7.11 Å². The summed E-state index contributed by atoms with van der Waals surface area (Å²) in [7, 11) is 1.73. The highest BCUT2D eigenvalue weighted by Crippen LogP contribution is 2.50. The second-order valence-corrected chi connectivity index (χ2v) is 19.0. The smallest absolute Gasteiger partial charge is 0.374 e. The lowest BCUT2D eigenvalue weighted by Crippen LogP contribution is -2.36. The predicted octanol–water partition coefficient (Wildman–Crippen LogP) is 15.4. The number of ether oxygens (including phenoxy) is 2. The number of hydrogen-bond donors (Lipinski definition) is 1. The Morgan fingerprint density at radius 3 is 1.89 bits per heavy atom. The summed E-state index contributed by atoms with van der Waals surface area (Å²) in [6.45, 7) is 11.3. The minimum atomic E-state index is -0.320. The number of rotatable bonds is 29. The van der Waals surface area contributed by atoms with E-state index in [9.17, 15) is 4.79 Å². The molecule has 2 heterocycles. The standard InChI is InChI=1S/C56H76N2O4S/c1-6-8-10-12-13-14-15-16-17-18-19-20-21-22-24-28-36-57-49-34-32-44(60-5)38-48(49)56(3,4)52(57)40-46-54(59)47(55(46)63)41-53-58(37-29-23-11-9-7-2)50-35-33-45(39-51(50)62-53)61-42-43-30-26-25-27-31-43/h25-27,30-35,38-41H,6-24,28-29,36-37,42H2,1-5H3/p+1. The van der Waals surface area contributed by atoms with E-state index in [0.29, 0.717) is 28.5 Å². The Labute approximate surface area is 385 Å². The van der Waals surface area contributed by atoms with Crippen molar-refractivity contribution in [3.05, 3.63) is 112 Å². The van der Waals surface area contributed by atoms with Crippen LogP contribution in [0.5, 0.6) is 11.5 Å². The summed E-state index contributed by atoms with van der Waals surface area (Å²) >= 11 is 5.01. The second-order valence-electron chi connectivity index (χ2n) is 18.6. The fourth-order valence-electron chi connectivity index (χ4n) is 9.40. The van der Waals surface area contributed by atoms with Crippen LogP contribution in [0.25, 0.3) is 17.2 Å². The molecular formula is C56H77N2O4S+. The van der Waals surface area contributed by atoms with Gasteiger partial charge in [-0.25, -0.2) is 0 Å². The van der Waals surface area contributed by atoms with Gasteiger partial charge >= 0.3 is 5.89 Å². The first kappa shape index (κ1) is 48.2. The number of oxazole rings is 1. The van der Waals surface area contributed by atoms with Gasteiger partial charge in [0.15, 0.2) is 12.3 Å². The number of methoxy groups -OCH3 is 1. The average molecular weight is 874 g/mol. The van der Waals surface area contributed by atoms with Gasteiger partial charge in [-0.3, -0.25) is 4.79 Å². The molecule has 0 atom stereocenters. The molecule has 6 rings (SSSR count). The predicted molar refractivity (Wildman–Crippen MR) is 266 cm³/mol. The Bertz CT molecular complexity index is 2160. The van der Waals surface area contributed by atoms with E-state index in [2.05, 4.69) is 79.6 Å². The first-order valence-electron chi connectivity index (χ1n) is 24.8. The van der Waals surface area contributed by atoms with Gasteiger partial charge in [-0.1, -0.05) is 174 Å². The molecule has 2 aliphatic rings. The van der Waals surface area contributed by atoms with Crippen molar-refractivity contribution < 1.29 is 23.3 Å². The number of hydrogen-bond acceptors (Lipinski definition) is 6. The molecule has 4 aromatic rings. The lowest BCUT2D eigenvalue weighted by molar-refractivity contribution is -0.678. The van der Waals surface area contributed by atoms with Crippen LogP contribution in [0, 0.1) is 0 Å². The number of fused-ring (bicyclic) bond motifs is 2. The van der Waals surface area contributed by atoms with Crippen LogP contribution in [0.4, 0.5) is 5.69 Å². The van der Waals surface area contributed by atoms with E-state index in [-0.39, 0.29) is 11.2 Å². The topological polar surface area (TPSA) is 55.8 Å². The molecule has 6 nitrogen and oxygen atoms in total. The van der Waals surface area contributed by atoms with E-state index >= 15 is 0 Å². The lowest BCUT2D eigenvalue weighted by Gasteiger charge is -2.29. The quantitative estimate of drug-likeness (QED) is 0.0255. The van der Waals surface area contributed by atoms with E-state index in [1.165, 1.54) is 127 Å². The second kappa shape index (κ2) is 24.7. The molecule has 1 aliphatic heterocycles. The van der Waals surface area contributed by atoms with Gasteiger partial charge in [0, 0.05) is 57.9 Å². The number of carbonyl (C=O) groups is 1. The Balaban J connectivity index is 1.12. The summed E-state index contributed by atoms with van der Waals surface area (Å²) in [5.41, 5.74) is 7.33. The third-order valence-electron chi connectivity index (χ3n) is 13.3. The summed E-state index contributed by atoms with van der Waals surface area (Å²) in [6, 6.07) is 22.6. The molecule has 0 spiro atoms. The monoisotopic (exact) mass is 874 g/mol. The first-order chi connectivity index (χ1) is 30.8. The van der Waals surface area contributed by atoms with Gasteiger partial charge in [0.05, 0.1) is 13.2 Å². The van der Waals surface area contributed by atoms with Crippen molar-refractivity contribution in [1.29, 1.82) is 0 Å². The SMILES string of the molecule is CCCCCCCCCCCCCCCCCCN1C(=CC2=C(S)C(=Cc3oc4cc(OCc5ccccc5)ccc4[n+]3CCCCCCC)C2=O)C(C)(C)c2cc(OC)ccc21. The van der Waals surface area contributed by atoms with Crippen LogP contribution in [-0.4, -0.2) is 19.4 Å². The van der Waals surface area contributed by atoms with Crippen molar-refractivity contribution in [2.45, 2.75) is 181 Å². The van der Waals surface area contributed by atoms with Gasteiger partial charge in [-0.05, 0) is 54.3 Å². The minimum Gasteiger partial charge on any atom is -0.497 e. The molecule has 0 radical (unpaired) electrons. The summed E-state index contributed by atoms with van der Waals surface area (Å²) in [5.74, 6) is 2.26. The van der Waals surface area contributed by atoms with Gasteiger partial charge < -0.3 is 18.8 Å². The van der Waals surface area contributed by atoms with Gasteiger partial charge in [0.25, 0.3) is 5.52 Å². The first-order valence-corrected chi connectivity index (χ1v) is 25.2. The Hall–Kier alpha value is -4.23. The maximum absolute atomic E-state index is 14.2. The summed E-state index contributed by atoms with van der Waals surface area (Å²) in [5, 5.41) is 0. The van der Waals surface area contributed by atoms with Gasteiger partial charge in [0.2, 0.25) is 5.58 Å². The van der Waals surface area contributed by atoms with Crippen molar-refractivity contribution >= 4 is 41.3 Å². The van der Waals surface area contributed by atoms with Crippen molar-refractivity contribution in [2.75, 3.05) is 18.6 Å². The molecule has 0 bridgehead atoms. The van der Waals surface area contributed by atoms with Crippen LogP contribution in [0.1, 0.15) is 180 Å². The zero-order valence-corrected chi connectivity index (χ0v) is 40.3. The van der Waals surface area contributed by atoms with Crippen molar-refractivity contribution in [2.24, 2.45) is 0 Å². The van der Waals surface area contributed by atoms with E-state index in [1.807, 2.05) is 36.4 Å². The van der Waals surface area contributed by atoms with E-state index < -0.39 is 0 Å². The molecule has 7 heteroatoms. The zero-order valence-electron chi connectivity index (χ0n) is 39.5. The number of aromatic nitrogens is 1. The van der Waals surface area contributed by atoms with Crippen LogP contribution >= 0.6 is 12.6 Å². The molecule has 1 aromatic heterocycles. The zero-order chi connectivity index (χ0) is 44.4. The molecule has 63 heavy (non-hydrogen) atoms. The third-order valence-corrected chi connectivity index (χ3v) is 13.8. The molecule has 0 saturated heterocycles. The Morgan fingerprint density at radius 1 is 0.698 bits per heavy atom. The number of aryl methyl sites for hydroxylation is 1. The van der Waals surface area contributed by atoms with Gasteiger partial charge in [-0.2, -0.15) is 4.57 Å². The van der Waals surface area contributed by atoms with Crippen LogP contribution in [0.3, 0.4) is 0 Å². The van der Waals surface area contributed by atoms with E-state index in [0.717, 1.165) is 66.2 Å². The third kappa shape index (κ3) is 13.0. The highest BCUT2D eigenvalue weighted by atomic mass is 32.1. The highest BCUT2D eigenvalue weighted by Gasteiger charge is 2.42. The molecule has 1 aliphatic carbocycles. The normalized spacial score (nSPS) is 15.8. The summed E-state index contributed by atoms with van der Waals surface area (Å²) in [4.78, 5) is 17.3. The van der Waals surface area contributed by atoms with Crippen LogP contribution < -0.4 is 18.9 Å². The largest absolute Gasteiger partial charge is 0.497 e. The van der Waals surface area contributed by atoms with Gasteiger partial charge in [0.1, 0.15) is 18.1 Å². The molecule has 0 unspecified atom stereocenters. The molecule has 0 saturated carbocycles. The van der Waals surface area contributed by atoms with Crippen LogP contribution in [-0.2, 0) is 23.4 Å². The molecule has 0 amide bonds. The van der Waals surface area contributed by atoms with Gasteiger partial charge in [-0.15, -0.1) is 12.6 Å². The number of carbonyl (C=O) groups excluding carboxylic acids is 1.